The van der Waals surface area contributed by atoms with Gasteiger partial charge in [0.15, 0.2) is 0 Å². The molecule has 1 N–H and O–H groups in total. The smallest absolute Gasteiger partial charge is 0.238 e. The van der Waals surface area contributed by atoms with E-state index in [-0.39, 0.29) is 5.91 Å². The zero-order chi connectivity index (χ0) is 18.6. The second-order valence-electron chi connectivity index (χ2n) is 7.81. The van der Waals surface area contributed by atoms with Crippen LogP contribution in [0.15, 0.2) is 48.5 Å². The van der Waals surface area contributed by atoms with Gasteiger partial charge < -0.3 is 10.2 Å². The van der Waals surface area contributed by atoms with Crippen molar-refractivity contribution in [2.24, 2.45) is 0 Å². The second kappa shape index (κ2) is 8.13. The van der Waals surface area contributed by atoms with E-state index in [0.29, 0.717) is 12.6 Å². The van der Waals surface area contributed by atoms with E-state index < -0.39 is 0 Å². The zero-order valence-corrected chi connectivity index (χ0v) is 16.2. The first-order chi connectivity index (χ1) is 13.2. The number of carbonyl (C=O) groups is 1. The Morgan fingerprint density at radius 2 is 1.81 bits per heavy atom. The van der Waals surface area contributed by atoms with Gasteiger partial charge in [-0.1, -0.05) is 24.3 Å². The van der Waals surface area contributed by atoms with Crippen LogP contribution in [0.2, 0.25) is 0 Å². The van der Waals surface area contributed by atoms with E-state index in [2.05, 4.69) is 58.6 Å². The van der Waals surface area contributed by atoms with E-state index in [0.717, 1.165) is 31.6 Å². The largest absolute Gasteiger partial charge is 0.372 e. The molecule has 2 aliphatic rings. The number of carbonyl (C=O) groups excluding carboxylic acids is 1. The van der Waals surface area contributed by atoms with Crippen molar-refractivity contribution in [2.45, 2.75) is 38.1 Å². The van der Waals surface area contributed by atoms with Crippen molar-refractivity contribution in [3.63, 3.8) is 0 Å². The lowest BCUT2D eigenvalue weighted by atomic mass is 9.87. The molecule has 1 aliphatic heterocycles. The van der Waals surface area contributed by atoms with Crippen LogP contribution in [0, 0.1) is 0 Å². The third-order valence-electron chi connectivity index (χ3n) is 5.89. The summed E-state index contributed by atoms with van der Waals surface area (Å²) in [5.74, 6) is 0.0504. The van der Waals surface area contributed by atoms with E-state index in [4.69, 9.17) is 0 Å². The second-order valence-corrected chi connectivity index (χ2v) is 7.81. The number of fused-ring (bicyclic) bond motifs is 1. The van der Waals surface area contributed by atoms with Gasteiger partial charge in [-0.2, -0.15) is 0 Å². The molecular weight excluding hydrogens is 334 g/mol. The normalized spacial score (nSPS) is 19.2. The maximum Gasteiger partial charge on any atom is 0.238 e. The number of nitrogens with one attached hydrogen (secondary N) is 1. The number of benzene rings is 2. The first-order valence-electron chi connectivity index (χ1n) is 10.1. The minimum absolute atomic E-state index is 0.0504. The molecule has 0 unspecified atom stereocenters. The molecule has 1 heterocycles. The van der Waals surface area contributed by atoms with Crippen LogP contribution in [0.1, 0.15) is 42.9 Å². The lowest BCUT2D eigenvalue weighted by Gasteiger charge is -2.32. The lowest BCUT2D eigenvalue weighted by Crippen LogP contribution is -2.34. The van der Waals surface area contributed by atoms with Gasteiger partial charge in [0.25, 0.3) is 0 Å². The molecule has 1 amide bonds. The van der Waals surface area contributed by atoms with E-state index in [1.807, 2.05) is 12.1 Å². The fourth-order valence-electron chi connectivity index (χ4n) is 4.45. The molecule has 0 aromatic heterocycles. The standard InChI is InChI=1S/C23H29N3O/c1-25(22-10-6-8-18-7-2-3-9-21(18)22)17-23(27)24-19-11-13-20(14-12-19)26-15-4-5-16-26/h2-3,7,9,11-14,22H,4-6,8,10,15-17H2,1H3,(H,24,27)/t22-/m1/s1. The van der Waals surface area contributed by atoms with Crippen LogP contribution in [0.3, 0.4) is 0 Å². The van der Waals surface area contributed by atoms with Gasteiger partial charge in [-0.25, -0.2) is 0 Å². The fraction of sp³-hybridized carbons (Fsp3) is 0.435. The summed E-state index contributed by atoms with van der Waals surface area (Å²) in [5, 5.41) is 3.05. The fourth-order valence-corrected chi connectivity index (χ4v) is 4.45. The summed E-state index contributed by atoms with van der Waals surface area (Å²) in [4.78, 5) is 17.1. The van der Waals surface area contributed by atoms with Gasteiger partial charge in [0.05, 0.1) is 6.54 Å². The summed E-state index contributed by atoms with van der Waals surface area (Å²) in [5.41, 5.74) is 4.94. The number of hydrogen-bond acceptors (Lipinski definition) is 3. The summed E-state index contributed by atoms with van der Waals surface area (Å²) in [6.45, 7) is 2.69. The summed E-state index contributed by atoms with van der Waals surface area (Å²) >= 11 is 0. The van der Waals surface area contributed by atoms with E-state index >= 15 is 0 Å². The molecule has 1 aliphatic carbocycles. The van der Waals surface area contributed by atoms with Crippen molar-refractivity contribution in [1.29, 1.82) is 0 Å². The molecule has 0 bridgehead atoms. The Labute approximate surface area is 162 Å². The van der Waals surface area contributed by atoms with Crippen molar-refractivity contribution in [3.8, 4) is 0 Å². The van der Waals surface area contributed by atoms with Gasteiger partial charge in [-0.15, -0.1) is 0 Å². The highest BCUT2D eigenvalue weighted by atomic mass is 16.2. The SMILES string of the molecule is CN(CC(=O)Nc1ccc(N2CCCC2)cc1)[C@@H]1CCCc2ccccc21. The lowest BCUT2D eigenvalue weighted by molar-refractivity contribution is -0.117. The number of rotatable bonds is 5. The number of hydrogen-bond donors (Lipinski definition) is 1. The summed E-state index contributed by atoms with van der Waals surface area (Å²) in [7, 11) is 2.06. The average molecular weight is 364 g/mol. The quantitative estimate of drug-likeness (QED) is 0.863. The molecule has 0 saturated carbocycles. The van der Waals surface area contributed by atoms with Gasteiger partial charge in [-0.3, -0.25) is 9.69 Å². The van der Waals surface area contributed by atoms with Crippen LogP contribution in [0.25, 0.3) is 0 Å². The van der Waals surface area contributed by atoms with Crippen LogP contribution in [0.4, 0.5) is 11.4 Å². The molecule has 142 valence electrons. The Balaban J connectivity index is 1.35. The van der Waals surface area contributed by atoms with Gasteiger partial charge in [-0.05, 0) is 74.5 Å². The minimum Gasteiger partial charge on any atom is -0.372 e. The maximum atomic E-state index is 12.6. The molecule has 1 saturated heterocycles. The van der Waals surface area contributed by atoms with E-state index in [1.165, 1.54) is 36.1 Å². The molecule has 2 aromatic carbocycles. The molecule has 4 nitrogen and oxygen atoms in total. The number of likely N-dealkylation sites (N-methyl/N-ethyl adjacent to an activating group) is 1. The topological polar surface area (TPSA) is 35.6 Å². The van der Waals surface area contributed by atoms with Crippen molar-refractivity contribution in [2.75, 3.05) is 36.9 Å². The van der Waals surface area contributed by atoms with Gasteiger partial charge in [0.2, 0.25) is 5.91 Å². The van der Waals surface area contributed by atoms with Crippen molar-refractivity contribution >= 4 is 17.3 Å². The molecule has 0 radical (unpaired) electrons. The molecule has 2 aromatic rings. The van der Waals surface area contributed by atoms with E-state index in [9.17, 15) is 4.79 Å². The monoisotopic (exact) mass is 363 g/mol. The summed E-state index contributed by atoms with van der Waals surface area (Å²) in [6.07, 6.45) is 6.00. The third-order valence-corrected chi connectivity index (χ3v) is 5.89. The summed E-state index contributed by atoms with van der Waals surface area (Å²) < 4.78 is 0. The van der Waals surface area contributed by atoms with Crippen molar-refractivity contribution in [3.05, 3.63) is 59.7 Å². The van der Waals surface area contributed by atoms with Crippen LogP contribution >= 0.6 is 0 Å². The van der Waals surface area contributed by atoms with Crippen LogP contribution < -0.4 is 10.2 Å². The zero-order valence-electron chi connectivity index (χ0n) is 16.2. The number of aryl methyl sites for hydroxylation is 1. The Morgan fingerprint density at radius 1 is 1.07 bits per heavy atom. The van der Waals surface area contributed by atoms with Crippen LogP contribution in [-0.2, 0) is 11.2 Å². The molecule has 0 spiro atoms. The van der Waals surface area contributed by atoms with Crippen molar-refractivity contribution < 1.29 is 4.79 Å². The Bertz CT molecular complexity index is 780. The molecule has 4 heteroatoms. The first-order valence-corrected chi connectivity index (χ1v) is 10.1. The first kappa shape index (κ1) is 18.1. The highest BCUT2D eigenvalue weighted by Crippen LogP contribution is 2.33. The van der Waals surface area contributed by atoms with E-state index in [1.54, 1.807) is 0 Å². The molecular formula is C23H29N3O. The van der Waals surface area contributed by atoms with Gasteiger partial charge in [0.1, 0.15) is 0 Å². The van der Waals surface area contributed by atoms with Gasteiger partial charge in [0, 0.05) is 30.5 Å². The molecule has 1 atom stereocenters. The molecule has 1 fully saturated rings. The number of anilines is 2. The minimum atomic E-state index is 0.0504. The Kier molecular flexibility index (Phi) is 5.44. The number of nitrogens with zero attached hydrogens (tertiary/aromatic N) is 2. The highest BCUT2D eigenvalue weighted by molar-refractivity contribution is 5.92. The molecule has 4 rings (SSSR count). The Morgan fingerprint density at radius 3 is 2.59 bits per heavy atom. The maximum absolute atomic E-state index is 12.6. The van der Waals surface area contributed by atoms with Crippen molar-refractivity contribution in [1.82, 2.24) is 4.90 Å². The number of amides is 1. The highest BCUT2D eigenvalue weighted by Gasteiger charge is 2.24. The summed E-state index contributed by atoms with van der Waals surface area (Å²) in [6, 6.07) is 17.2. The Hall–Kier alpha value is -2.33. The molecule has 27 heavy (non-hydrogen) atoms. The predicted octanol–water partition coefficient (Wildman–Crippen LogP) is 4.23. The predicted molar refractivity (Wildman–Crippen MR) is 111 cm³/mol. The van der Waals surface area contributed by atoms with Crippen LogP contribution in [-0.4, -0.2) is 37.5 Å². The third kappa shape index (κ3) is 4.16. The average Bonchev–Trinajstić information content (AvgIpc) is 3.23. The van der Waals surface area contributed by atoms with Crippen LogP contribution in [0.5, 0.6) is 0 Å². The van der Waals surface area contributed by atoms with Gasteiger partial charge >= 0.3 is 0 Å².